The molecule has 0 aliphatic carbocycles. The number of carbonyl (C=O) groups excluding carboxylic acids is 1. The van der Waals surface area contributed by atoms with Gasteiger partial charge in [-0.1, -0.05) is 23.2 Å². The number of carbonyl (C=O) groups is 1. The Labute approximate surface area is 195 Å². The molecule has 11 heteroatoms. The van der Waals surface area contributed by atoms with Crippen molar-refractivity contribution in [2.75, 3.05) is 24.9 Å². The minimum absolute atomic E-state index is 0.0522. The van der Waals surface area contributed by atoms with Crippen molar-refractivity contribution in [2.24, 2.45) is 0 Å². The van der Waals surface area contributed by atoms with Crippen LogP contribution in [0.4, 0.5) is 0 Å². The van der Waals surface area contributed by atoms with Crippen LogP contribution in [0.25, 0.3) is 11.0 Å². The van der Waals surface area contributed by atoms with E-state index in [1.54, 1.807) is 42.5 Å². The molecule has 0 bridgehead atoms. The van der Waals surface area contributed by atoms with E-state index in [0.29, 0.717) is 52.8 Å². The van der Waals surface area contributed by atoms with Gasteiger partial charge in [0.05, 0.1) is 11.0 Å². The molecule has 8 nitrogen and oxygen atoms in total. The van der Waals surface area contributed by atoms with Crippen molar-refractivity contribution in [3.63, 3.8) is 0 Å². The number of nitrogens with zero attached hydrogens (tertiary/aromatic N) is 2. The molecule has 1 aliphatic rings. The number of sulfone groups is 1. The van der Waals surface area contributed by atoms with Crippen LogP contribution in [0.2, 0.25) is 10.0 Å². The number of rotatable bonds is 7. The quantitative estimate of drug-likeness (QED) is 0.518. The zero-order valence-corrected chi connectivity index (χ0v) is 19.4. The molecular formula is C21H22Cl2N4O4S. The van der Waals surface area contributed by atoms with Gasteiger partial charge in [0.1, 0.15) is 11.6 Å². The third kappa shape index (κ3) is 5.92. The molecule has 1 aliphatic heterocycles. The smallest absolute Gasteiger partial charge is 0.287 e. The Bertz CT molecular complexity index is 1210. The Kier molecular flexibility index (Phi) is 6.90. The number of aromatic nitrogens is 2. The molecule has 4 rings (SSSR count). The molecular weight excluding hydrogens is 475 g/mol. The summed E-state index contributed by atoms with van der Waals surface area (Å²) in [4.78, 5) is 21.7. The fourth-order valence-corrected chi connectivity index (χ4v) is 5.06. The highest BCUT2D eigenvalue weighted by atomic mass is 35.5. The third-order valence-electron chi connectivity index (χ3n) is 5.18. The number of fused-ring (bicyclic) bond motifs is 1. The summed E-state index contributed by atoms with van der Waals surface area (Å²) in [7, 11) is -3.43. The van der Waals surface area contributed by atoms with Crippen LogP contribution >= 0.6 is 23.2 Å². The maximum atomic E-state index is 12.5. The van der Waals surface area contributed by atoms with Gasteiger partial charge in [0.15, 0.2) is 21.6 Å². The summed E-state index contributed by atoms with van der Waals surface area (Å²) in [5.41, 5.74) is 1.36. The van der Waals surface area contributed by atoms with E-state index in [-0.39, 0.29) is 23.7 Å². The van der Waals surface area contributed by atoms with Crippen LogP contribution < -0.4 is 10.1 Å². The van der Waals surface area contributed by atoms with Gasteiger partial charge in [-0.05, 0) is 55.3 Å². The lowest BCUT2D eigenvalue weighted by Gasteiger charge is -2.31. The summed E-state index contributed by atoms with van der Waals surface area (Å²) in [6.07, 6.45) is 1.29. The molecule has 1 aromatic heterocycles. The van der Waals surface area contributed by atoms with Crippen molar-refractivity contribution in [2.45, 2.75) is 18.9 Å². The van der Waals surface area contributed by atoms with Crippen LogP contribution in [0.15, 0.2) is 42.5 Å². The number of ether oxygens (including phenoxy) is 1. The summed E-state index contributed by atoms with van der Waals surface area (Å²) < 4.78 is 30.2. The van der Waals surface area contributed by atoms with Crippen LogP contribution in [-0.2, 0) is 9.84 Å². The van der Waals surface area contributed by atoms with Crippen molar-refractivity contribution in [3.05, 3.63) is 58.3 Å². The maximum absolute atomic E-state index is 12.5. The first-order valence-corrected chi connectivity index (χ1v) is 12.6. The molecule has 32 heavy (non-hydrogen) atoms. The van der Waals surface area contributed by atoms with Gasteiger partial charge in [0.2, 0.25) is 0 Å². The second kappa shape index (κ2) is 9.66. The van der Waals surface area contributed by atoms with Crippen molar-refractivity contribution >= 4 is 50.0 Å². The van der Waals surface area contributed by atoms with Crippen LogP contribution in [0.3, 0.4) is 0 Å². The summed E-state index contributed by atoms with van der Waals surface area (Å²) in [5, 5.41) is 4.09. The van der Waals surface area contributed by atoms with Gasteiger partial charge in [-0.2, -0.15) is 0 Å². The zero-order chi connectivity index (χ0) is 22.7. The second-order valence-electron chi connectivity index (χ2n) is 7.70. The van der Waals surface area contributed by atoms with Gasteiger partial charge in [-0.3, -0.25) is 9.69 Å². The van der Waals surface area contributed by atoms with Crippen LogP contribution in [0, 0.1) is 0 Å². The summed E-state index contributed by atoms with van der Waals surface area (Å²) >= 11 is 11.8. The number of likely N-dealkylation sites (tertiary alicyclic amines) is 1. The van der Waals surface area contributed by atoms with Crippen molar-refractivity contribution in [1.29, 1.82) is 0 Å². The van der Waals surface area contributed by atoms with Gasteiger partial charge >= 0.3 is 0 Å². The number of aromatic amines is 1. The lowest BCUT2D eigenvalue weighted by atomic mass is 10.1. The van der Waals surface area contributed by atoms with Gasteiger partial charge in [-0.25, -0.2) is 13.4 Å². The number of hydrogen-bond acceptors (Lipinski definition) is 6. The van der Waals surface area contributed by atoms with E-state index in [0.717, 1.165) is 0 Å². The highest BCUT2D eigenvalue weighted by molar-refractivity contribution is 7.91. The largest absolute Gasteiger partial charge is 0.478 e. The number of imidazole rings is 1. The van der Waals surface area contributed by atoms with Gasteiger partial charge < -0.3 is 15.0 Å². The SMILES string of the molecule is O=C(NC1CCN(CS(=O)(=O)COc2ccc(Cl)cc2)CC1)c1nc2ccc(Cl)cc2[nH]1. The monoisotopic (exact) mass is 496 g/mol. The Hall–Kier alpha value is -2.33. The number of amides is 1. The lowest BCUT2D eigenvalue weighted by molar-refractivity contribution is 0.0906. The summed E-state index contributed by atoms with van der Waals surface area (Å²) in [5.74, 6) is -0.105. The fraction of sp³-hybridized carbons (Fsp3) is 0.333. The molecule has 2 N–H and O–H groups in total. The maximum Gasteiger partial charge on any atom is 0.287 e. The molecule has 1 fully saturated rings. The van der Waals surface area contributed by atoms with Gasteiger partial charge in [0, 0.05) is 29.2 Å². The Morgan fingerprint density at radius 3 is 2.53 bits per heavy atom. The Morgan fingerprint density at radius 1 is 1.12 bits per heavy atom. The van der Waals surface area contributed by atoms with Crippen molar-refractivity contribution in [1.82, 2.24) is 20.2 Å². The number of piperidine rings is 1. The van der Waals surface area contributed by atoms with E-state index >= 15 is 0 Å². The van der Waals surface area contributed by atoms with E-state index in [2.05, 4.69) is 15.3 Å². The highest BCUT2D eigenvalue weighted by Gasteiger charge is 2.25. The molecule has 3 aromatic rings. The van der Waals surface area contributed by atoms with Crippen molar-refractivity contribution in [3.8, 4) is 5.75 Å². The fourth-order valence-electron chi connectivity index (χ4n) is 3.55. The summed E-state index contributed by atoms with van der Waals surface area (Å²) in [6.45, 7) is 1.11. The topological polar surface area (TPSA) is 104 Å². The number of hydrogen-bond donors (Lipinski definition) is 2. The minimum atomic E-state index is -3.43. The van der Waals surface area contributed by atoms with E-state index in [1.807, 2.05) is 4.90 Å². The van der Waals surface area contributed by atoms with Crippen LogP contribution in [-0.4, -0.2) is 60.1 Å². The molecule has 1 amide bonds. The van der Waals surface area contributed by atoms with Crippen LogP contribution in [0.5, 0.6) is 5.75 Å². The molecule has 0 spiro atoms. The molecule has 2 heterocycles. The molecule has 170 valence electrons. The number of benzene rings is 2. The summed E-state index contributed by atoms with van der Waals surface area (Å²) in [6, 6.07) is 11.7. The molecule has 0 unspecified atom stereocenters. The van der Waals surface area contributed by atoms with E-state index in [9.17, 15) is 13.2 Å². The second-order valence-corrected chi connectivity index (χ2v) is 10.6. The molecule has 1 saturated heterocycles. The Balaban J connectivity index is 1.25. The number of halogens is 2. The van der Waals surface area contributed by atoms with E-state index in [4.69, 9.17) is 27.9 Å². The van der Waals surface area contributed by atoms with E-state index in [1.165, 1.54) is 0 Å². The lowest BCUT2D eigenvalue weighted by Crippen LogP contribution is -2.46. The number of nitrogens with one attached hydrogen (secondary N) is 2. The molecule has 0 saturated carbocycles. The predicted molar refractivity (Wildman–Crippen MR) is 124 cm³/mol. The molecule has 0 radical (unpaired) electrons. The number of H-pyrrole nitrogens is 1. The molecule has 0 atom stereocenters. The standard InChI is InChI=1S/C21H22Cl2N4O4S/c22-14-1-4-17(5-2-14)31-13-32(29,30)12-27-9-7-16(8-10-27)24-21(28)20-25-18-6-3-15(23)11-19(18)26-20/h1-6,11,16H,7-10,12-13H2,(H,24,28)(H,25,26). The normalized spacial score (nSPS) is 15.7. The zero-order valence-electron chi connectivity index (χ0n) is 17.1. The average Bonchev–Trinajstić information content (AvgIpc) is 3.18. The first-order chi connectivity index (χ1) is 15.3. The molecule has 2 aromatic carbocycles. The third-order valence-corrected chi connectivity index (χ3v) is 6.90. The first kappa shape index (κ1) is 22.8. The van der Waals surface area contributed by atoms with Gasteiger partial charge in [-0.15, -0.1) is 0 Å². The van der Waals surface area contributed by atoms with Crippen LogP contribution in [0.1, 0.15) is 23.5 Å². The first-order valence-electron chi connectivity index (χ1n) is 10.0. The van der Waals surface area contributed by atoms with Gasteiger partial charge in [0.25, 0.3) is 5.91 Å². The van der Waals surface area contributed by atoms with Crippen molar-refractivity contribution < 1.29 is 17.9 Å². The minimum Gasteiger partial charge on any atom is -0.478 e. The highest BCUT2D eigenvalue weighted by Crippen LogP contribution is 2.19. The van der Waals surface area contributed by atoms with E-state index < -0.39 is 15.8 Å². The predicted octanol–water partition coefficient (Wildman–Crippen LogP) is 3.47. The Morgan fingerprint density at radius 2 is 1.81 bits per heavy atom. The average molecular weight is 497 g/mol.